The molecule has 3 atom stereocenters. The third-order valence-corrected chi connectivity index (χ3v) is 2.76. The molecule has 0 aliphatic rings. The largest absolute Gasteiger partial charge is 0.480 e. The molecule has 1 aromatic rings. The van der Waals surface area contributed by atoms with Crippen LogP contribution < -0.4 is 11.1 Å². The number of primary amides is 1. The number of amides is 2. The van der Waals surface area contributed by atoms with Gasteiger partial charge >= 0.3 is 5.97 Å². The number of carbonyl (C=O) groups is 3. The van der Waals surface area contributed by atoms with E-state index in [1.54, 1.807) is 30.3 Å². The number of aliphatic hydroxyl groups is 2. The second kappa shape index (κ2) is 7.36. The summed E-state index contributed by atoms with van der Waals surface area (Å²) in [5, 5.41) is 29.7. The molecular weight excluding hydrogens is 280 g/mol. The van der Waals surface area contributed by atoms with Crippen LogP contribution in [0.15, 0.2) is 30.3 Å². The molecule has 0 radical (unpaired) electrons. The van der Waals surface area contributed by atoms with Gasteiger partial charge in [0.25, 0.3) is 5.91 Å². The predicted molar refractivity (Wildman–Crippen MR) is 70.9 cm³/mol. The van der Waals surface area contributed by atoms with E-state index < -0.39 is 36.0 Å². The van der Waals surface area contributed by atoms with E-state index in [0.29, 0.717) is 5.56 Å². The molecule has 0 aliphatic heterocycles. The highest BCUT2D eigenvalue weighted by Gasteiger charge is 2.31. The number of carbonyl (C=O) groups excluding carboxylic acids is 2. The first-order valence-electron chi connectivity index (χ1n) is 6.05. The zero-order valence-electron chi connectivity index (χ0n) is 11.0. The van der Waals surface area contributed by atoms with E-state index in [1.165, 1.54) is 0 Å². The zero-order chi connectivity index (χ0) is 16.0. The Kier molecular flexibility index (Phi) is 5.82. The quantitative estimate of drug-likeness (QED) is 0.393. The normalized spacial score (nSPS) is 14.8. The van der Waals surface area contributed by atoms with Crippen LogP contribution in [0.3, 0.4) is 0 Å². The average Bonchev–Trinajstić information content (AvgIpc) is 2.45. The van der Waals surface area contributed by atoms with Gasteiger partial charge in [0.2, 0.25) is 5.91 Å². The molecule has 0 spiro atoms. The Bertz CT molecular complexity index is 519. The first-order valence-corrected chi connectivity index (χ1v) is 6.05. The number of nitrogens with two attached hydrogens (primary N) is 1. The molecule has 0 aliphatic carbocycles. The molecule has 114 valence electrons. The molecule has 1 aromatic carbocycles. The number of hydrogen-bond acceptors (Lipinski definition) is 5. The second-order valence-electron chi connectivity index (χ2n) is 4.38. The molecule has 0 bridgehead atoms. The summed E-state index contributed by atoms with van der Waals surface area (Å²) in [5.41, 5.74) is 5.41. The monoisotopic (exact) mass is 296 g/mol. The highest BCUT2D eigenvalue weighted by molar-refractivity contribution is 5.92. The van der Waals surface area contributed by atoms with Crippen LogP contribution in [0.5, 0.6) is 0 Å². The summed E-state index contributed by atoms with van der Waals surface area (Å²) < 4.78 is 0. The molecule has 0 heterocycles. The molecular formula is C13H16N2O6. The minimum atomic E-state index is -2.12. The number of aliphatic carboxylic acids is 1. The number of benzene rings is 1. The van der Waals surface area contributed by atoms with Crippen LogP contribution in [0.2, 0.25) is 0 Å². The molecule has 2 amide bonds. The van der Waals surface area contributed by atoms with E-state index in [4.69, 9.17) is 10.8 Å². The molecule has 1 rings (SSSR count). The molecule has 8 heteroatoms. The van der Waals surface area contributed by atoms with Crippen LogP contribution in [0, 0.1) is 0 Å². The second-order valence-corrected chi connectivity index (χ2v) is 4.38. The number of rotatable bonds is 7. The van der Waals surface area contributed by atoms with Gasteiger partial charge in [-0.2, -0.15) is 0 Å². The fourth-order valence-electron chi connectivity index (χ4n) is 1.61. The summed E-state index contributed by atoms with van der Waals surface area (Å²) in [5.74, 6) is -3.79. The first kappa shape index (κ1) is 16.6. The van der Waals surface area contributed by atoms with Crippen LogP contribution in [-0.4, -0.2) is 51.4 Å². The molecule has 0 aromatic heterocycles. The number of carboxylic acids is 1. The zero-order valence-corrected chi connectivity index (χ0v) is 11.0. The summed E-state index contributed by atoms with van der Waals surface area (Å²) in [4.78, 5) is 33.4. The molecule has 0 saturated carbocycles. The smallest absolute Gasteiger partial charge is 0.326 e. The van der Waals surface area contributed by atoms with Crippen molar-refractivity contribution < 1.29 is 29.7 Å². The fraction of sp³-hybridized carbons (Fsp3) is 0.308. The highest BCUT2D eigenvalue weighted by atomic mass is 16.4. The molecule has 0 fully saturated rings. The standard InChI is InChI=1S/C13H16N2O6/c14-11(18)9(16)10(17)12(19)15-8(13(20)21)6-7-4-2-1-3-5-7/h1-5,8-10,16-17H,6H2,(H2,14,18)(H,15,19)(H,20,21)/t8-,9?,10?/m0/s1. The van der Waals surface area contributed by atoms with E-state index in [9.17, 15) is 24.6 Å². The highest BCUT2D eigenvalue weighted by Crippen LogP contribution is 2.04. The maximum absolute atomic E-state index is 11.6. The minimum absolute atomic E-state index is 0.0126. The van der Waals surface area contributed by atoms with Crippen molar-refractivity contribution in [1.82, 2.24) is 5.32 Å². The fourth-order valence-corrected chi connectivity index (χ4v) is 1.61. The Hall–Kier alpha value is -2.45. The van der Waals surface area contributed by atoms with E-state index in [1.807, 2.05) is 5.32 Å². The van der Waals surface area contributed by atoms with Crippen LogP contribution >= 0.6 is 0 Å². The summed E-state index contributed by atoms with van der Waals surface area (Å²) in [7, 11) is 0. The van der Waals surface area contributed by atoms with E-state index >= 15 is 0 Å². The SMILES string of the molecule is NC(=O)C(O)C(O)C(=O)N[C@@H](Cc1ccccc1)C(=O)O. The first-order chi connectivity index (χ1) is 9.82. The molecule has 6 N–H and O–H groups in total. The summed E-state index contributed by atoms with van der Waals surface area (Å²) in [6, 6.07) is 7.22. The minimum Gasteiger partial charge on any atom is -0.480 e. The average molecular weight is 296 g/mol. The van der Waals surface area contributed by atoms with Crippen molar-refractivity contribution in [1.29, 1.82) is 0 Å². The maximum atomic E-state index is 11.6. The third kappa shape index (κ3) is 4.86. The Morgan fingerprint density at radius 1 is 1.10 bits per heavy atom. The number of carboxylic acid groups (broad SMARTS) is 1. The van der Waals surface area contributed by atoms with Gasteiger partial charge in [0.15, 0.2) is 12.2 Å². The lowest BCUT2D eigenvalue weighted by atomic mass is 10.1. The van der Waals surface area contributed by atoms with E-state index in [0.717, 1.165) is 0 Å². The van der Waals surface area contributed by atoms with Gasteiger partial charge in [-0.25, -0.2) is 4.79 Å². The summed E-state index contributed by atoms with van der Waals surface area (Å²) in [6.07, 6.45) is -4.24. The number of nitrogens with one attached hydrogen (secondary N) is 1. The van der Waals surface area contributed by atoms with Crippen LogP contribution in [-0.2, 0) is 20.8 Å². The topological polar surface area (TPSA) is 150 Å². The van der Waals surface area contributed by atoms with Gasteiger partial charge < -0.3 is 26.4 Å². The summed E-state index contributed by atoms with van der Waals surface area (Å²) >= 11 is 0. The number of hydrogen-bond donors (Lipinski definition) is 5. The number of aliphatic hydroxyl groups excluding tert-OH is 2. The Balaban J connectivity index is 2.73. The molecule has 0 saturated heterocycles. The van der Waals surface area contributed by atoms with Gasteiger partial charge in [-0.1, -0.05) is 30.3 Å². The lowest BCUT2D eigenvalue weighted by molar-refractivity contribution is -0.148. The van der Waals surface area contributed by atoms with E-state index in [2.05, 4.69) is 0 Å². The van der Waals surface area contributed by atoms with E-state index in [-0.39, 0.29) is 6.42 Å². The lowest BCUT2D eigenvalue weighted by Gasteiger charge is -2.19. The lowest BCUT2D eigenvalue weighted by Crippen LogP contribution is -2.52. The van der Waals surface area contributed by atoms with Crippen molar-refractivity contribution in [3.63, 3.8) is 0 Å². The van der Waals surface area contributed by atoms with Crippen LogP contribution in [0.1, 0.15) is 5.56 Å². The van der Waals surface area contributed by atoms with Crippen molar-refractivity contribution in [2.45, 2.75) is 24.7 Å². The van der Waals surface area contributed by atoms with Gasteiger partial charge in [-0.15, -0.1) is 0 Å². The van der Waals surface area contributed by atoms with Crippen molar-refractivity contribution >= 4 is 17.8 Å². The molecule has 21 heavy (non-hydrogen) atoms. The van der Waals surface area contributed by atoms with Crippen LogP contribution in [0.4, 0.5) is 0 Å². The van der Waals surface area contributed by atoms with Gasteiger partial charge in [0.1, 0.15) is 6.04 Å². The van der Waals surface area contributed by atoms with Crippen molar-refractivity contribution in [3.05, 3.63) is 35.9 Å². The van der Waals surface area contributed by atoms with Crippen molar-refractivity contribution in [3.8, 4) is 0 Å². The van der Waals surface area contributed by atoms with Crippen molar-refractivity contribution in [2.24, 2.45) is 5.73 Å². The predicted octanol–water partition coefficient (Wildman–Crippen LogP) is -1.99. The Labute approximate surface area is 120 Å². The van der Waals surface area contributed by atoms with Crippen LogP contribution in [0.25, 0.3) is 0 Å². The third-order valence-electron chi connectivity index (χ3n) is 2.76. The van der Waals surface area contributed by atoms with Gasteiger partial charge in [-0.3, -0.25) is 9.59 Å². The van der Waals surface area contributed by atoms with Crippen molar-refractivity contribution in [2.75, 3.05) is 0 Å². The molecule has 8 nitrogen and oxygen atoms in total. The maximum Gasteiger partial charge on any atom is 0.326 e. The molecule has 2 unspecified atom stereocenters. The van der Waals surface area contributed by atoms with Gasteiger partial charge in [0.05, 0.1) is 0 Å². The van der Waals surface area contributed by atoms with Gasteiger partial charge in [0, 0.05) is 6.42 Å². The Morgan fingerprint density at radius 3 is 2.14 bits per heavy atom. The Morgan fingerprint density at radius 2 is 1.67 bits per heavy atom. The summed E-state index contributed by atoms with van der Waals surface area (Å²) in [6.45, 7) is 0. The van der Waals surface area contributed by atoms with Gasteiger partial charge in [-0.05, 0) is 5.56 Å².